The molecule has 6 heteroatoms. The lowest BCUT2D eigenvalue weighted by Crippen LogP contribution is -2.29. The minimum Gasteiger partial charge on any atom is -0.465 e. The van der Waals surface area contributed by atoms with E-state index in [1.165, 1.54) is 4.31 Å². The molecular weight excluding hydrogens is 218 g/mol. The van der Waals surface area contributed by atoms with Gasteiger partial charge in [0.25, 0.3) is 0 Å². The fourth-order valence-corrected chi connectivity index (χ4v) is 2.43. The Labute approximate surface area is 90.4 Å². The Hall–Kier alpha value is -0.620. The first-order valence-electron chi connectivity index (χ1n) is 5.07. The Morgan fingerprint density at radius 2 is 2.20 bits per heavy atom. The second kappa shape index (κ2) is 4.94. The molecular formula is C9H17NO4S. The molecule has 5 nitrogen and oxygen atoms in total. The predicted octanol–water partition coefficient (Wildman–Crippen LogP) is 0.221. The summed E-state index contributed by atoms with van der Waals surface area (Å²) in [4.78, 5) is 11.4. The molecule has 1 saturated heterocycles. The number of nitrogens with zero attached hydrogens (tertiary/aromatic N) is 1. The number of carbonyl (C=O) groups excluding carboxylic acids is 1. The van der Waals surface area contributed by atoms with Crippen LogP contribution in [0.15, 0.2) is 0 Å². The number of sulfonamides is 1. The van der Waals surface area contributed by atoms with Crippen molar-refractivity contribution in [1.29, 1.82) is 0 Å². The van der Waals surface area contributed by atoms with Gasteiger partial charge in [-0.15, -0.1) is 0 Å². The maximum absolute atomic E-state index is 11.4. The molecule has 1 fully saturated rings. The first kappa shape index (κ1) is 12.4. The van der Waals surface area contributed by atoms with Crippen LogP contribution in [-0.2, 0) is 19.6 Å². The van der Waals surface area contributed by atoms with E-state index in [2.05, 4.69) is 0 Å². The molecule has 0 N–H and O–H groups in total. The molecule has 1 unspecified atom stereocenters. The van der Waals surface area contributed by atoms with E-state index in [0.717, 1.165) is 12.7 Å². The number of hydrogen-bond acceptors (Lipinski definition) is 4. The van der Waals surface area contributed by atoms with E-state index >= 15 is 0 Å². The topological polar surface area (TPSA) is 63.7 Å². The average molecular weight is 235 g/mol. The van der Waals surface area contributed by atoms with Gasteiger partial charge in [-0.05, 0) is 12.8 Å². The molecule has 1 aliphatic heterocycles. The summed E-state index contributed by atoms with van der Waals surface area (Å²) in [5.41, 5.74) is 0. The molecule has 0 radical (unpaired) electrons. The fraction of sp³-hybridized carbons (Fsp3) is 0.889. The molecule has 1 atom stereocenters. The average Bonchev–Trinajstić information content (AvgIpc) is 2.62. The van der Waals surface area contributed by atoms with Gasteiger partial charge in [-0.3, -0.25) is 4.79 Å². The normalized spacial score (nSPS) is 22.9. The van der Waals surface area contributed by atoms with Crippen molar-refractivity contribution in [3.05, 3.63) is 0 Å². The lowest BCUT2D eigenvalue weighted by molar-refractivity contribution is -0.147. The zero-order valence-corrected chi connectivity index (χ0v) is 9.92. The van der Waals surface area contributed by atoms with Crippen LogP contribution in [0.2, 0.25) is 0 Å². The maximum Gasteiger partial charge on any atom is 0.310 e. The summed E-state index contributed by atoms with van der Waals surface area (Å²) in [6.45, 7) is 3.02. The molecule has 0 amide bonds. The van der Waals surface area contributed by atoms with Crippen molar-refractivity contribution in [3.8, 4) is 0 Å². The van der Waals surface area contributed by atoms with Gasteiger partial charge in [0.1, 0.15) is 0 Å². The predicted molar refractivity (Wildman–Crippen MR) is 55.8 cm³/mol. The van der Waals surface area contributed by atoms with Gasteiger partial charge in [0.05, 0.1) is 18.8 Å². The molecule has 0 aliphatic carbocycles. The van der Waals surface area contributed by atoms with Gasteiger partial charge < -0.3 is 4.74 Å². The van der Waals surface area contributed by atoms with Crippen molar-refractivity contribution in [2.75, 3.05) is 26.0 Å². The van der Waals surface area contributed by atoms with Crippen LogP contribution in [0.5, 0.6) is 0 Å². The van der Waals surface area contributed by atoms with Gasteiger partial charge in [-0.2, -0.15) is 0 Å². The molecule has 15 heavy (non-hydrogen) atoms. The van der Waals surface area contributed by atoms with Crippen molar-refractivity contribution in [1.82, 2.24) is 4.31 Å². The van der Waals surface area contributed by atoms with Gasteiger partial charge >= 0.3 is 5.97 Å². The number of carbonyl (C=O) groups is 1. The zero-order valence-electron chi connectivity index (χ0n) is 9.10. The zero-order chi connectivity index (χ0) is 11.5. The lowest BCUT2D eigenvalue weighted by Gasteiger charge is -2.12. The van der Waals surface area contributed by atoms with Crippen molar-refractivity contribution < 1.29 is 17.9 Å². The van der Waals surface area contributed by atoms with E-state index in [0.29, 0.717) is 19.6 Å². The van der Waals surface area contributed by atoms with Crippen LogP contribution in [0.1, 0.15) is 19.8 Å². The second-order valence-corrected chi connectivity index (χ2v) is 5.76. The lowest BCUT2D eigenvalue weighted by atomic mass is 10.1. The van der Waals surface area contributed by atoms with Gasteiger partial charge in [0, 0.05) is 13.1 Å². The Morgan fingerprint density at radius 1 is 1.53 bits per heavy atom. The molecule has 1 heterocycles. The number of esters is 1. The number of hydrogen-bond donors (Lipinski definition) is 0. The molecule has 0 aromatic carbocycles. The Bertz CT molecular complexity index is 325. The quantitative estimate of drug-likeness (QED) is 0.654. The van der Waals surface area contributed by atoms with E-state index < -0.39 is 10.0 Å². The van der Waals surface area contributed by atoms with Crippen LogP contribution >= 0.6 is 0 Å². The highest BCUT2D eigenvalue weighted by Gasteiger charge is 2.33. The molecule has 0 spiro atoms. The minimum atomic E-state index is -3.16. The monoisotopic (exact) mass is 235 g/mol. The highest BCUT2D eigenvalue weighted by molar-refractivity contribution is 7.88. The highest BCUT2D eigenvalue weighted by Crippen LogP contribution is 2.19. The molecule has 0 saturated carbocycles. The molecule has 88 valence electrons. The van der Waals surface area contributed by atoms with Crippen molar-refractivity contribution in [2.45, 2.75) is 19.8 Å². The summed E-state index contributed by atoms with van der Waals surface area (Å²) in [5, 5.41) is 0. The summed E-state index contributed by atoms with van der Waals surface area (Å²) in [7, 11) is -3.16. The third kappa shape index (κ3) is 3.46. The van der Waals surface area contributed by atoms with Gasteiger partial charge in [-0.25, -0.2) is 12.7 Å². The summed E-state index contributed by atoms with van der Waals surface area (Å²) >= 11 is 0. The van der Waals surface area contributed by atoms with E-state index in [1.807, 2.05) is 6.92 Å². The third-order valence-corrected chi connectivity index (χ3v) is 3.67. The first-order valence-corrected chi connectivity index (χ1v) is 6.91. The Morgan fingerprint density at radius 3 is 2.67 bits per heavy atom. The maximum atomic E-state index is 11.4. The Kier molecular flexibility index (Phi) is 4.10. The van der Waals surface area contributed by atoms with Gasteiger partial charge in [-0.1, -0.05) is 6.92 Å². The largest absolute Gasteiger partial charge is 0.465 e. The number of ether oxygens (including phenoxy) is 1. The van der Waals surface area contributed by atoms with Crippen LogP contribution in [-0.4, -0.2) is 44.6 Å². The Balaban J connectivity index is 2.46. The second-order valence-electron chi connectivity index (χ2n) is 3.77. The van der Waals surface area contributed by atoms with Crippen molar-refractivity contribution in [3.63, 3.8) is 0 Å². The smallest absolute Gasteiger partial charge is 0.310 e. The van der Waals surface area contributed by atoms with Gasteiger partial charge in [0.15, 0.2) is 0 Å². The van der Waals surface area contributed by atoms with E-state index in [4.69, 9.17) is 4.74 Å². The van der Waals surface area contributed by atoms with Crippen LogP contribution < -0.4 is 0 Å². The van der Waals surface area contributed by atoms with Crippen LogP contribution in [0.3, 0.4) is 0 Å². The van der Waals surface area contributed by atoms with Crippen LogP contribution in [0, 0.1) is 5.92 Å². The molecule has 0 bridgehead atoms. The fourth-order valence-electron chi connectivity index (χ4n) is 1.54. The third-order valence-electron chi connectivity index (χ3n) is 2.40. The standard InChI is InChI=1S/C9H17NO4S/c1-3-6-14-9(11)8-4-5-10(7-8)15(2,12)13/h8H,3-7H2,1-2H3. The van der Waals surface area contributed by atoms with Gasteiger partial charge in [0.2, 0.25) is 10.0 Å². The molecule has 1 rings (SSSR count). The molecule has 1 aliphatic rings. The van der Waals surface area contributed by atoms with E-state index in [-0.39, 0.29) is 18.4 Å². The van der Waals surface area contributed by atoms with E-state index in [1.54, 1.807) is 0 Å². The summed E-state index contributed by atoms with van der Waals surface area (Å²) in [5.74, 6) is -0.561. The van der Waals surface area contributed by atoms with Crippen LogP contribution in [0.4, 0.5) is 0 Å². The SMILES string of the molecule is CCCOC(=O)C1CCN(S(C)(=O)=O)C1. The van der Waals surface area contributed by atoms with Crippen molar-refractivity contribution in [2.24, 2.45) is 5.92 Å². The summed E-state index contributed by atoms with van der Waals surface area (Å²) in [6, 6.07) is 0. The number of rotatable bonds is 4. The van der Waals surface area contributed by atoms with E-state index in [9.17, 15) is 13.2 Å². The minimum absolute atomic E-state index is 0.265. The highest BCUT2D eigenvalue weighted by atomic mass is 32.2. The first-order chi connectivity index (χ1) is 6.95. The van der Waals surface area contributed by atoms with Crippen LogP contribution in [0.25, 0.3) is 0 Å². The summed E-state index contributed by atoms with van der Waals surface area (Å²) < 4.78 is 28.7. The summed E-state index contributed by atoms with van der Waals surface area (Å²) in [6.07, 6.45) is 2.51. The van der Waals surface area contributed by atoms with Crippen molar-refractivity contribution >= 4 is 16.0 Å². The molecule has 0 aromatic heterocycles. The molecule has 0 aromatic rings.